The van der Waals surface area contributed by atoms with Crippen molar-refractivity contribution in [3.8, 4) is 5.75 Å². The minimum Gasteiger partial charge on any atom is -0.485 e. The summed E-state index contributed by atoms with van der Waals surface area (Å²) in [6.07, 6.45) is -0.571. The summed E-state index contributed by atoms with van der Waals surface area (Å²) < 4.78 is 38.3. The standard InChI is InChI=1S/C19H22F2O2/c1-13(2)19(22-12-15-7-5-4-6-8-15)14(3)23-18-10-9-16(20)11-17(18)21/h4-11,13-14,19H,12H2,1-3H3/t14-,19?/m0/s1. The first kappa shape index (κ1) is 17.4. The fraction of sp³-hybridized carbons (Fsp3) is 0.368. The quantitative estimate of drug-likeness (QED) is 0.717. The van der Waals surface area contributed by atoms with Crippen LogP contribution in [-0.2, 0) is 11.3 Å². The normalized spacial score (nSPS) is 13.8. The predicted octanol–water partition coefficient (Wildman–Crippen LogP) is 4.97. The number of hydrogen-bond donors (Lipinski definition) is 0. The molecule has 2 aromatic rings. The second-order valence-corrected chi connectivity index (χ2v) is 5.90. The molecule has 0 bridgehead atoms. The van der Waals surface area contributed by atoms with E-state index in [1.54, 1.807) is 0 Å². The van der Waals surface area contributed by atoms with E-state index in [0.717, 1.165) is 11.6 Å². The number of halogens is 2. The lowest BCUT2D eigenvalue weighted by Crippen LogP contribution is -2.36. The number of benzene rings is 2. The predicted molar refractivity (Wildman–Crippen MR) is 86.3 cm³/mol. The van der Waals surface area contributed by atoms with Crippen LogP contribution in [0, 0.1) is 17.6 Å². The maximum absolute atomic E-state index is 13.7. The molecule has 0 saturated heterocycles. The van der Waals surface area contributed by atoms with Crippen molar-refractivity contribution in [3.05, 3.63) is 65.7 Å². The monoisotopic (exact) mass is 320 g/mol. The summed E-state index contributed by atoms with van der Waals surface area (Å²) in [6, 6.07) is 13.1. The fourth-order valence-corrected chi connectivity index (χ4v) is 2.47. The average molecular weight is 320 g/mol. The van der Waals surface area contributed by atoms with Gasteiger partial charge in [0.05, 0.1) is 12.7 Å². The largest absolute Gasteiger partial charge is 0.485 e. The Labute approximate surface area is 136 Å². The Balaban J connectivity index is 2.01. The van der Waals surface area contributed by atoms with E-state index in [4.69, 9.17) is 9.47 Å². The van der Waals surface area contributed by atoms with Crippen LogP contribution in [0.2, 0.25) is 0 Å². The molecule has 2 rings (SSSR count). The van der Waals surface area contributed by atoms with Crippen LogP contribution in [0.5, 0.6) is 5.75 Å². The van der Waals surface area contributed by atoms with Gasteiger partial charge in [-0.25, -0.2) is 8.78 Å². The molecule has 0 aliphatic heterocycles. The molecule has 2 aromatic carbocycles. The first-order valence-electron chi connectivity index (χ1n) is 7.74. The topological polar surface area (TPSA) is 18.5 Å². The molecule has 0 radical (unpaired) electrons. The molecule has 0 fully saturated rings. The molecule has 0 N–H and O–H groups in total. The van der Waals surface area contributed by atoms with Crippen LogP contribution in [0.15, 0.2) is 48.5 Å². The van der Waals surface area contributed by atoms with Gasteiger partial charge in [-0.2, -0.15) is 0 Å². The van der Waals surface area contributed by atoms with Crippen molar-refractivity contribution in [1.29, 1.82) is 0 Å². The SMILES string of the molecule is CC(C)C(OCc1ccccc1)[C@H](C)Oc1ccc(F)cc1F. The lowest BCUT2D eigenvalue weighted by Gasteiger charge is -2.28. The van der Waals surface area contributed by atoms with Gasteiger partial charge in [-0.05, 0) is 30.5 Å². The van der Waals surface area contributed by atoms with Crippen molar-refractivity contribution in [2.75, 3.05) is 0 Å². The molecular formula is C19H22F2O2. The first-order chi connectivity index (χ1) is 11.0. The van der Waals surface area contributed by atoms with E-state index in [0.29, 0.717) is 6.61 Å². The molecular weight excluding hydrogens is 298 g/mol. The number of ether oxygens (including phenoxy) is 2. The summed E-state index contributed by atoms with van der Waals surface area (Å²) in [5.41, 5.74) is 1.07. The zero-order chi connectivity index (χ0) is 16.8. The first-order valence-corrected chi connectivity index (χ1v) is 7.74. The van der Waals surface area contributed by atoms with Crippen molar-refractivity contribution in [2.45, 2.75) is 39.6 Å². The highest BCUT2D eigenvalue weighted by Gasteiger charge is 2.24. The number of rotatable bonds is 7. The summed E-state index contributed by atoms with van der Waals surface area (Å²) in [4.78, 5) is 0. The molecule has 2 nitrogen and oxygen atoms in total. The molecule has 0 aliphatic rings. The van der Waals surface area contributed by atoms with Gasteiger partial charge in [0.1, 0.15) is 11.9 Å². The van der Waals surface area contributed by atoms with Crippen molar-refractivity contribution < 1.29 is 18.3 Å². The second kappa shape index (κ2) is 8.06. The van der Waals surface area contributed by atoms with E-state index >= 15 is 0 Å². The van der Waals surface area contributed by atoms with Gasteiger partial charge < -0.3 is 9.47 Å². The van der Waals surface area contributed by atoms with E-state index in [-0.39, 0.29) is 23.9 Å². The molecule has 2 atom stereocenters. The third-order valence-corrected chi connectivity index (χ3v) is 3.61. The lowest BCUT2D eigenvalue weighted by atomic mass is 10.0. The van der Waals surface area contributed by atoms with Gasteiger partial charge in [0.15, 0.2) is 11.6 Å². The van der Waals surface area contributed by atoms with Crippen LogP contribution in [0.25, 0.3) is 0 Å². The van der Waals surface area contributed by atoms with Crippen LogP contribution in [0.1, 0.15) is 26.3 Å². The summed E-state index contributed by atoms with van der Waals surface area (Å²) >= 11 is 0. The summed E-state index contributed by atoms with van der Waals surface area (Å²) in [5, 5.41) is 0. The molecule has 0 aliphatic carbocycles. The van der Waals surface area contributed by atoms with E-state index < -0.39 is 11.6 Å². The Morgan fingerprint density at radius 3 is 2.26 bits per heavy atom. The summed E-state index contributed by atoms with van der Waals surface area (Å²) in [7, 11) is 0. The molecule has 4 heteroatoms. The average Bonchev–Trinajstić information content (AvgIpc) is 2.51. The van der Waals surface area contributed by atoms with Crippen molar-refractivity contribution >= 4 is 0 Å². The van der Waals surface area contributed by atoms with E-state index in [1.165, 1.54) is 12.1 Å². The molecule has 0 aromatic heterocycles. The maximum atomic E-state index is 13.7. The van der Waals surface area contributed by atoms with E-state index in [9.17, 15) is 8.78 Å². The van der Waals surface area contributed by atoms with Gasteiger partial charge in [-0.15, -0.1) is 0 Å². The van der Waals surface area contributed by atoms with Crippen molar-refractivity contribution in [3.63, 3.8) is 0 Å². The van der Waals surface area contributed by atoms with Gasteiger partial charge in [-0.1, -0.05) is 44.2 Å². The second-order valence-electron chi connectivity index (χ2n) is 5.90. The highest BCUT2D eigenvalue weighted by molar-refractivity contribution is 5.25. The van der Waals surface area contributed by atoms with Crippen molar-refractivity contribution in [2.24, 2.45) is 5.92 Å². The number of hydrogen-bond acceptors (Lipinski definition) is 2. The van der Waals surface area contributed by atoms with E-state index in [1.807, 2.05) is 51.1 Å². The molecule has 0 saturated carbocycles. The Morgan fingerprint density at radius 2 is 1.65 bits per heavy atom. The zero-order valence-electron chi connectivity index (χ0n) is 13.6. The third kappa shape index (κ3) is 5.03. The zero-order valence-corrected chi connectivity index (χ0v) is 13.6. The van der Waals surface area contributed by atoms with Crippen LogP contribution in [0.4, 0.5) is 8.78 Å². The Bertz CT molecular complexity index is 614. The van der Waals surface area contributed by atoms with Crippen molar-refractivity contribution in [1.82, 2.24) is 0 Å². The Hall–Kier alpha value is -1.94. The van der Waals surface area contributed by atoms with Crippen LogP contribution in [0.3, 0.4) is 0 Å². The smallest absolute Gasteiger partial charge is 0.167 e. The highest BCUT2D eigenvalue weighted by atomic mass is 19.1. The fourth-order valence-electron chi connectivity index (χ4n) is 2.47. The van der Waals surface area contributed by atoms with Crippen LogP contribution < -0.4 is 4.74 Å². The van der Waals surface area contributed by atoms with E-state index in [2.05, 4.69) is 0 Å². The van der Waals surface area contributed by atoms with Gasteiger partial charge >= 0.3 is 0 Å². The van der Waals surface area contributed by atoms with Crippen LogP contribution >= 0.6 is 0 Å². The van der Waals surface area contributed by atoms with Crippen LogP contribution in [-0.4, -0.2) is 12.2 Å². The molecule has 0 amide bonds. The van der Waals surface area contributed by atoms with Gasteiger partial charge in [0, 0.05) is 6.07 Å². The molecule has 0 heterocycles. The Kier molecular flexibility index (Phi) is 6.11. The highest BCUT2D eigenvalue weighted by Crippen LogP contribution is 2.23. The summed E-state index contributed by atoms with van der Waals surface area (Å²) in [5.74, 6) is -1.10. The van der Waals surface area contributed by atoms with Gasteiger partial charge in [0.25, 0.3) is 0 Å². The molecule has 23 heavy (non-hydrogen) atoms. The maximum Gasteiger partial charge on any atom is 0.167 e. The third-order valence-electron chi connectivity index (χ3n) is 3.61. The molecule has 0 spiro atoms. The minimum atomic E-state index is -0.706. The Morgan fingerprint density at radius 1 is 0.957 bits per heavy atom. The van der Waals surface area contributed by atoms with Gasteiger partial charge in [0.2, 0.25) is 0 Å². The molecule has 1 unspecified atom stereocenters. The summed E-state index contributed by atoms with van der Waals surface area (Å²) in [6.45, 7) is 6.34. The molecule has 124 valence electrons. The van der Waals surface area contributed by atoms with Gasteiger partial charge in [-0.3, -0.25) is 0 Å². The lowest BCUT2D eigenvalue weighted by molar-refractivity contribution is -0.0536. The minimum absolute atomic E-state index is 0.0351.